The van der Waals surface area contributed by atoms with Crippen LogP contribution in [0.25, 0.3) is 21.8 Å². The first-order chi connectivity index (χ1) is 30.8. The molecule has 1 aliphatic carbocycles. The summed E-state index contributed by atoms with van der Waals surface area (Å²) in [5.41, 5.74) is 2.77. The number of nitrogens with one attached hydrogen (secondary N) is 3. The zero-order valence-corrected chi connectivity index (χ0v) is 35.8. The van der Waals surface area contributed by atoms with Gasteiger partial charge in [0.25, 0.3) is 5.56 Å². The predicted octanol–water partition coefficient (Wildman–Crippen LogP) is 4.99. The van der Waals surface area contributed by atoms with Crippen molar-refractivity contribution in [2.45, 2.75) is 56.9 Å². The van der Waals surface area contributed by atoms with E-state index in [0.717, 1.165) is 31.6 Å². The zero-order valence-electron chi connectivity index (χ0n) is 35.8. The second-order valence-electron chi connectivity index (χ2n) is 18.1. The van der Waals surface area contributed by atoms with Gasteiger partial charge in [0.1, 0.15) is 17.4 Å². The Morgan fingerprint density at radius 3 is 2.52 bits per heavy atom. The van der Waals surface area contributed by atoms with Gasteiger partial charge in [0.15, 0.2) is 12.4 Å². The van der Waals surface area contributed by atoms with Gasteiger partial charge < -0.3 is 29.7 Å². The molecule has 0 radical (unpaired) electrons. The molecule has 4 unspecified atom stereocenters. The van der Waals surface area contributed by atoms with E-state index in [0.29, 0.717) is 102 Å². The number of alkyl halides is 2. The van der Waals surface area contributed by atoms with Crippen molar-refractivity contribution in [1.29, 1.82) is 5.26 Å². The lowest BCUT2D eigenvalue weighted by Crippen LogP contribution is -2.50. The summed E-state index contributed by atoms with van der Waals surface area (Å²) in [6.45, 7) is 6.52. The van der Waals surface area contributed by atoms with Crippen LogP contribution in [-0.2, 0) is 23.7 Å². The van der Waals surface area contributed by atoms with Gasteiger partial charge in [-0.2, -0.15) is 15.3 Å². The van der Waals surface area contributed by atoms with Crippen LogP contribution in [0.1, 0.15) is 56.2 Å². The van der Waals surface area contributed by atoms with Crippen LogP contribution >= 0.6 is 0 Å². The average molecular weight is 879 g/mol. The fourth-order valence-corrected chi connectivity index (χ4v) is 10.0. The summed E-state index contributed by atoms with van der Waals surface area (Å²) in [6.07, 6.45) is 4.32. The highest BCUT2D eigenvalue weighted by atomic mass is 19.3. The number of ether oxygens (including phenoxy) is 1. The first-order valence-corrected chi connectivity index (χ1v) is 22.0. The quantitative estimate of drug-likeness (QED) is 0.178. The summed E-state index contributed by atoms with van der Waals surface area (Å²) in [7, 11) is 3.36. The van der Waals surface area contributed by atoms with Crippen molar-refractivity contribution in [2.24, 2.45) is 31.8 Å². The summed E-state index contributed by atoms with van der Waals surface area (Å²) in [6, 6.07) is 9.54. The summed E-state index contributed by atoms with van der Waals surface area (Å²) in [5.74, 6) is -3.70. The molecule has 4 fully saturated rings. The van der Waals surface area contributed by atoms with Crippen molar-refractivity contribution in [3.8, 4) is 11.8 Å². The van der Waals surface area contributed by atoms with E-state index in [-0.39, 0.29) is 41.1 Å². The highest BCUT2D eigenvalue weighted by Crippen LogP contribution is 2.46. The second kappa shape index (κ2) is 16.0. The Kier molecular flexibility index (Phi) is 10.4. The SMILES string of the molecule is CC1CN(c2ncc(C#N)c(Nc3ccc4c(c3)c3c(c(=O)n4C)OCC(F)(F)C(C4CC4)N3)n2)CCC1CN1CCN(c2cc3c(cc2F)c(C2CCC(=O)NC2=O)nn3C)CC1. The van der Waals surface area contributed by atoms with Crippen molar-refractivity contribution < 1.29 is 27.5 Å². The van der Waals surface area contributed by atoms with Gasteiger partial charge in [-0.15, -0.1) is 0 Å². The van der Waals surface area contributed by atoms with Crippen LogP contribution in [0, 0.1) is 34.9 Å². The summed E-state index contributed by atoms with van der Waals surface area (Å²) >= 11 is 0. The first-order valence-electron chi connectivity index (χ1n) is 22.0. The van der Waals surface area contributed by atoms with Crippen LogP contribution in [0.4, 0.5) is 42.0 Å². The van der Waals surface area contributed by atoms with Crippen LogP contribution in [0.5, 0.6) is 5.75 Å². The Bertz CT molecular complexity index is 2810. The smallest absolute Gasteiger partial charge is 0.301 e. The standard InChI is InChI=1S/C45H49F3N12O4/c1-24-21-60(11-10-26(24)22-58-12-14-59(15-13-58)35-18-34-31(17-32(35)46)37(55-57(34)3)29-7-9-36(61)52-42(29)62)44-50-20-27(19-49)41(54-44)51-28-6-8-33-30(16-28)38-39(43(63)56(33)2)64-23-45(47,48)40(53-38)25-4-5-25/h6,8,16-18,20,24-26,29,40,53H,4-5,7,9-15,21-23H2,1-3H3,(H,50,51,54)(H,52,61,62). The molecule has 64 heavy (non-hydrogen) atoms. The molecule has 5 aliphatic rings. The molecule has 0 bridgehead atoms. The van der Waals surface area contributed by atoms with E-state index in [2.05, 4.69) is 53.7 Å². The number of piperazine rings is 1. The third kappa shape index (κ3) is 7.50. The molecule has 4 aliphatic heterocycles. The van der Waals surface area contributed by atoms with E-state index in [1.54, 1.807) is 37.0 Å². The zero-order chi connectivity index (χ0) is 44.6. The topological polar surface area (TPSA) is 179 Å². The van der Waals surface area contributed by atoms with E-state index >= 15 is 13.2 Å². The number of carbonyl (C=O) groups is 2. The molecular formula is C45H49F3N12O4. The van der Waals surface area contributed by atoms with E-state index in [1.807, 2.05) is 6.07 Å². The molecule has 2 aromatic carbocycles. The van der Waals surface area contributed by atoms with Gasteiger partial charge in [-0.1, -0.05) is 6.92 Å². The molecule has 7 heterocycles. The Morgan fingerprint density at radius 2 is 1.78 bits per heavy atom. The van der Waals surface area contributed by atoms with Gasteiger partial charge in [-0.3, -0.25) is 29.3 Å². The normalized spacial score (nSPS) is 23.8. The number of aromatic nitrogens is 5. The van der Waals surface area contributed by atoms with Crippen molar-refractivity contribution in [2.75, 3.05) is 72.9 Å². The minimum Gasteiger partial charge on any atom is -0.480 e. The second-order valence-corrected chi connectivity index (χ2v) is 18.1. The number of pyridine rings is 1. The molecule has 4 atom stereocenters. The van der Waals surface area contributed by atoms with Crippen molar-refractivity contribution in [1.82, 2.24) is 34.5 Å². The number of nitriles is 1. The van der Waals surface area contributed by atoms with E-state index in [4.69, 9.17) is 9.72 Å². The maximum atomic E-state index is 15.8. The van der Waals surface area contributed by atoms with Gasteiger partial charge in [0.05, 0.1) is 46.3 Å². The number of amides is 2. The van der Waals surface area contributed by atoms with Crippen LogP contribution < -0.4 is 36.0 Å². The average Bonchev–Trinajstić information content (AvgIpc) is 4.08. The number of imide groups is 1. The van der Waals surface area contributed by atoms with Gasteiger partial charge >= 0.3 is 5.92 Å². The number of halogens is 3. The van der Waals surface area contributed by atoms with Crippen LogP contribution in [0.15, 0.2) is 41.3 Å². The van der Waals surface area contributed by atoms with Crippen LogP contribution in [0.3, 0.4) is 0 Å². The molecule has 3 aromatic heterocycles. The molecule has 2 amide bonds. The van der Waals surface area contributed by atoms with Gasteiger partial charge in [-0.25, -0.2) is 18.2 Å². The highest BCUT2D eigenvalue weighted by molar-refractivity contribution is 6.03. The largest absolute Gasteiger partial charge is 0.480 e. The van der Waals surface area contributed by atoms with E-state index in [9.17, 15) is 19.6 Å². The summed E-state index contributed by atoms with van der Waals surface area (Å²) in [5, 5.41) is 24.4. The summed E-state index contributed by atoms with van der Waals surface area (Å²) in [4.78, 5) is 53.6. The molecule has 1 saturated carbocycles. The molecular weight excluding hydrogens is 830 g/mol. The Balaban J connectivity index is 0.794. The minimum atomic E-state index is -3.16. The van der Waals surface area contributed by atoms with Gasteiger partial charge in [0, 0.05) is 82.8 Å². The van der Waals surface area contributed by atoms with Crippen molar-refractivity contribution in [3.63, 3.8) is 0 Å². The highest BCUT2D eigenvalue weighted by Gasteiger charge is 2.51. The van der Waals surface area contributed by atoms with E-state index < -0.39 is 36.0 Å². The lowest BCUT2D eigenvalue weighted by molar-refractivity contribution is -0.134. The van der Waals surface area contributed by atoms with Crippen molar-refractivity contribution in [3.05, 3.63) is 64.0 Å². The number of hydrogen-bond donors (Lipinski definition) is 3. The molecule has 0 spiro atoms. The number of rotatable bonds is 8. The Hall–Kier alpha value is -6.42. The lowest BCUT2D eigenvalue weighted by Gasteiger charge is -2.42. The number of aryl methyl sites for hydroxylation is 2. The molecule has 19 heteroatoms. The maximum absolute atomic E-state index is 15.8. The third-order valence-electron chi connectivity index (χ3n) is 13.9. The van der Waals surface area contributed by atoms with Crippen molar-refractivity contribution >= 4 is 62.4 Å². The van der Waals surface area contributed by atoms with E-state index in [1.165, 1.54) is 16.8 Å². The third-order valence-corrected chi connectivity index (χ3v) is 13.9. The number of fused-ring (bicyclic) bond motifs is 4. The number of carbonyl (C=O) groups excluding carboxylic acids is 2. The Morgan fingerprint density at radius 1 is 0.984 bits per heavy atom. The van der Waals surface area contributed by atoms with Gasteiger partial charge in [-0.05, 0) is 73.8 Å². The summed E-state index contributed by atoms with van der Waals surface area (Å²) < 4.78 is 54.8. The maximum Gasteiger partial charge on any atom is 0.301 e. The first kappa shape index (κ1) is 41.6. The molecule has 16 nitrogen and oxygen atoms in total. The molecule has 334 valence electrons. The number of piperidine rings is 2. The predicted molar refractivity (Wildman–Crippen MR) is 234 cm³/mol. The molecule has 5 aromatic rings. The van der Waals surface area contributed by atoms with Crippen LogP contribution in [0.2, 0.25) is 0 Å². The Labute approximate surface area is 366 Å². The molecule has 3 N–H and O–H groups in total. The van der Waals surface area contributed by atoms with Crippen LogP contribution in [-0.4, -0.2) is 105 Å². The molecule has 3 saturated heterocycles. The fourth-order valence-electron chi connectivity index (χ4n) is 10.0. The monoisotopic (exact) mass is 878 g/mol. The van der Waals surface area contributed by atoms with Gasteiger partial charge in [0.2, 0.25) is 23.5 Å². The number of benzene rings is 2. The lowest BCUT2D eigenvalue weighted by atomic mass is 9.86. The fraction of sp³-hybridized carbons (Fsp3) is 0.489. The number of nitrogens with zero attached hydrogens (tertiary/aromatic N) is 9. The number of hydrogen-bond acceptors (Lipinski definition) is 13. The number of anilines is 5. The molecule has 10 rings (SSSR count). The minimum absolute atomic E-state index is 0.143.